The van der Waals surface area contributed by atoms with Crippen LogP contribution in [-0.2, 0) is 5.41 Å². The Balaban J connectivity index is 1.51. The molecule has 1 saturated carbocycles. The monoisotopic (exact) mass is 345 g/mol. The Hall–Kier alpha value is -2.42. The molecule has 0 unspecified atom stereocenters. The van der Waals surface area contributed by atoms with E-state index in [2.05, 4.69) is 69.9 Å². The number of aromatic nitrogens is 2. The maximum Gasteiger partial charge on any atom is 0.137 e. The fourth-order valence-corrected chi connectivity index (χ4v) is 4.41. The summed E-state index contributed by atoms with van der Waals surface area (Å²) in [6.45, 7) is 0.940. The SMILES string of the molecule is C1=Cc2ncnc(NCCC3(c4ccccc4)CCCCC3)c2C=CC1. The zero-order valence-electron chi connectivity index (χ0n) is 15.3. The van der Waals surface area contributed by atoms with Crippen LogP contribution in [0.2, 0.25) is 0 Å². The summed E-state index contributed by atoms with van der Waals surface area (Å²) in [5.41, 5.74) is 3.93. The molecule has 3 heteroatoms. The third kappa shape index (κ3) is 3.57. The molecule has 4 rings (SSSR count). The van der Waals surface area contributed by atoms with Crippen molar-refractivity contribution in [2.45, 2.75) is 50.4 Å². The third-order valence-electron chi connectivity index (χ3n) is 5.84. The van der Waals surface area contributed by atoms with Crippen molar-refractivity contribution in [3.63, 3.8) is 0 Å². The second-order valence-electron chi connectivity index (χ2n) is 7.45. The van der Waals surface area contributed by atoms with Gasteiger partial charge in [0.25, 0.3) is 0 Å². The van der Waals surface area contributed by atoms with Gasteiger partial charge in [0.2, 0.25) is 0 Å². The topological polar surface area (TPSA) is 37.8 Å². The summed E-state index contributed by atoms with van der Waals surface area (Å²) < 4.78 is 0. The quantitative estimate of drug-likeness (QED) is 0.765. The van der Waals surface area contributed by atoms with Crippen LogP contribution in [0.15, 0.2) is 48.8 Å². The lowest BCUT2D eigenvalue weighted by atomic mass is 9.67. The van der Waals surface area contributed by atoms with Crippen LogP contribution in [0, 0.1) is 0 Å². The van der Waals surface area contributed by atoms with Crippen molar-refractivity contribution in [2.75, 3.05) is 11.9 Å². The molecular formula is C23H27N3. The molecule has 1 aromatic carbocycles. The molecular weight excluding hydrogens is 318 g/mol. The van der Waals surface area contributed by atoms with Gasteiger partial charge < -0.3 is 5.32 Å². The van der Waals surface area contributed by atoms with Crippen molar-refractivity contribution in [3.05, 3.63) is 65.6 Å². The van der Waals surface area contributed by atoms with Crippen LogP contribution in [0.4, 0.5) is 5.82 Å². The zero-order valence-corrected chi connectivity index (χ0v) is 15.3. The molecule has 0 atom stereocenters. The van der Waals surface area contributed by atoms with E-state index in [0.717, 1.165) is 36.5 Å². The summed E-state index contributed by atoms with van der Waals surface area (Å²) in [6.07, 6.45) is 19.0. The van der Waals surface area contributed by atoms with Crippen LogP contribution in [0.1, 0.15) is 61.8 Å². The van der Waals surface area contributed by atoms with Gasteiger partial charge in [-0.15, -0.1) is 0 Å². The number of rotatable bonds is 5. The van der Waals surface area contributed by atoms with E-state index in [1.807, 2.05) is 0 Å². The first kappa shape index (κ1) is 17.0. The molecule has 134 valence electrons. The first-order valence-electron chi connectivity index (χ1n) is 9.85. The molecule has 1 aromatic heterocycles. The van der Waals surface area contributed by atoms with Gasteiger partial charge in [-0.05, 0) is 42.7 Å². The van der Waals surface area contributed by atoms with E-state index in [1.165, 1.54) is 37.7 Å². The average Bonchev–Trinajstić information content (AvgIpc) is 2.96. The molecule has 0 spiro atoms. The van der Waals surface area contributed by atoms with E-state index < -0.39 is 0 Å². The van der Waals surface area contributed by atoms with Crippen LogP contribution < -0.4 is 5.32 Å². The van der Waals surface area contributed by atoms with Gasteiger partial charge in [-0.2, -0.15) is 0 Å². The molecule has 0 aliphatic heterocycles. The molecule has 1 fully saturated rings. The number of nitrogens with zero attached hydrogens (tertiary/aromatic N) is 2. The molecule has 3 nitrogen and oxygen atoms in total. The Morgan fingerprint density at radius 3 is 2.58 bits per heavy atom. The van der Waals surface area contributed by atoms with Crippen molar-refractivity contribution in [1.82, 2.24) is 9.97 Å². The van der Waals surface area contributed by atoms with Gasteiger partial charge in [0, 0.05) is 12.1 Å². The molecule has 0 bridgehead atoms. The minimum Gasteiger partial charge on any atom is -0.369 e. The van der Waals surface area contributed by atoms with Crippen molar-refractivity contribution in [3.8, 4) is 0 Å². The van der Waals surface area contributed by atoms with E-state index in [1.54, 1.807) is 6.33 Å². The van der Waals surface area contributed by atoms with Crippen molar-refractivity contribution in [2.24, 2.45) is 0 Å². The van der Waals surface area contributed by atoms with E-state index >= 15 is 0 Å². The van der Waals surface area contributed by atoms with Crippen LogP contribution in [0.5, 0.6) is 0 Å². The third-order valence-corrected chi connectivity index (χ3v) is 5.84. The molecule has 26 heavy (non-hydrogen) atoms. The zero-order chi connectivity index (χ0) is 17.7. The fraction of sp³-hybridized carbons (Fsp3) is 0.391. The first-order valence-corrected chi connectivity index (χ1v) is 9.85. The lowest BCUT2D eigenvalue weighted by Gasteiger charge is -2.38. The Kier molecular flexibility index (Phi) is 5.14. The van der Waals surface area contributed by atoms with Crippen LogP contribution >= 0.6 is 0 Å². The number of benzene rings is 1. The van der Waals surface area contributed by atoms with Gasteiger partial charge in [0.05, 0.1) is 5.69 Å². The van der Waals surface area contributed by atoms with Gasteiger partial charge in [0.1, 0.15) is 12.1 Å². The first-order chi connectivity index (χ1) is 12.9. The minimum atomic E-state index is 0.312. The lowest BCUT2D eigenvalue weighted by Crippen LogP contribution is -2.31. The van der Waals surface area contributed by atoms with E-state index in [4.69, 9.17) is 0 Å². The minimum absolute atomic E-state index is 0.312. The van der Waals surface area contributed by atoms with Crippen LogP contribution in [0.3, 0.4) is 0 Å². The average molecular weight is 345 g/mol. The Morgan fingerprint density at radius 1 is 0.923 bits per heavy atom. The Bertz CT molecular complexity index is 786. The van der Waals surface area contributed by atoms with E-state index in [-0.39, 0.29) is 0 Å². The van der Waals surface area contributed by atoms with Crippen molar-refractivity contribution < 1.29 is 0 Å². The number of hydrogen-bond donors (Lipinski definition) is 1. The lowest BCUT2D eigenvalue weighted by molar-refractivity contribution is 0.280. The molecule has 0 saturated heterocycles. The number of anilines is 1. The van der Waals surface area contributed by atoms with Gasteiger partial charge in [0.15, 0.2) is 0 Å². The van der Waals surface area contributed by atoms with Crippen LogP contribution in [0.25, 0.3) is 12.2 Å². The number of fused-ring (bicyclic) bond motifs is 1. The summed E-state index contributed by atoms with van der Waals surface area (Å²) in [5, 5.41) is 3.61. The van der Waals surface area contributed by atoms with Gasteiger partial charge in [-0.25, -0.2) is 9.97 Å². The Morgan fingerprint density at radius 2 is 1.73 bits per heavy atom. The largest absolute Gasteiger partial charge is 0.369 e. The maximum absolute atomic E-state index is 4.50. The molecule has 2 aliphatic rings. The van der Waals surface area contributed by atoms with Gasteiger partial charge in [-0.1, -0.05) is 67.8 Å². The molecule has 0 radical (unpaired) electrons. The highest BCUT2D eigenvalue weighted by molar-refractivity contribution is 5.72. The van der Waals surface area contributed by atoms with Gasteiger partial charge in [-0.3, -0.25) is 0 Å². The van der Waals surface area contributed by atoms with E-state index in [0.29, 0.717) is 5.41 Å². The van der Waals surface area contributed by atoms with Crippen molar-refractivity contribution >= 4 is 18.0 Å². The summed E-state index contributed by atoms with van der Waals surface area (Å²) in [7, 11) is 0. The highest BCUT2D eigenvalue weighted by atomic mass is 15.0. The second-order valence-corrected chi connectivity index (χ2v) is 7.45. The molecule has 0 amide bonds. The fourth-order valence-electron chi connectivity index (χ4n) is 4.41. The van der Waals surface area contributed by atoms with Crippen LogP contribution in [-0.4, -0.2) is 16.5 Å². The highest BCUT2D eigenvalue weighted by Gasteiger charge is 2.33. The molecule has 2 aliphatic carbocycles. The predicted octanol–water partition coefficient (Wildman–Crippen LogP) is 5.61. The predicted molar refractivity (Wildman–Crippen MR) is 109 cm³/mol. The molecule has 1 N–H and O–H groups in total. The Labute approximate surface area is 156 Å². The molecule has 2 aromatic rings. The summed E-state index contributed by atoms with van der Waals surface area (Å²) in [5.74, 6) is 0.955. The molecule has 1 heterocycles. The van der Waals surface area contributed by atoms with E-state index in [9.17, 15) is 0 Å². The number of hydrogen-bond acceptors (Lipinski definition) is 3. The summed E-state index contributed by atoms with van der Waals surface area (Å²) >= 11 is 0. The summed E-state index contributed by atoms with van der Waals surface area (Å²) in [4.78, 5) is 8.91. The normalized spacial score (nSPS) is 18.2. The summed E-state index contributed by atoms with van der Waals surface area (Å²) in [6, 6.07) is 11.1. The standard InChI is InChI=1S/C23H27N3/c1-4-10-19(11-5-1)23(14-8-3-9-15-23)16-17-24-22-20-12-6-2-7-13-21(20)25-18-26-22/h1,4-7,10-13,18H,2-3,8-9,14-17H2,(H,24,25,26). The number of allylic oxidation sites excluding steroid dienone is 2. The highest BCUT2D eigenvalue weighted by Crippen LogP contribution is 2.42. The number of nitrogens with one attached hydrogen (secondary N) is 1. The second kappa shape index (κ2) is 7.86. The maximum atomic E-state index is 4.50. The van der Waals surface area contributed by atoms with Gasteiger partial charge >= 0.3 is 0 Å². The smallest absolute Gasteiger partial charge is 0.137 e. The van der Waals surface area contributed by atoms with Crippen molar-refractivity contribution in [1.29, 1.82) is 0 Å².